The predicted octanol–water partition coefficient (Wildman–Crippen LogP) is 3.67. The highest BCUT2D eigenvalue weighted by Crippen LogP contribution is 2.34. The first-order valence-corrected chi connectivity index (χ1v) is 4.80. The Bertz CT molecular complexity index is 597. The Kier molecular flexibility index (Phi) is 2.72. The SMILES string of the molecule is [C-]#[N+]Cc1cc(C(F)(F)F)c2ncccc2c1. The van der Waals surface area contributed by atoms with Gasteiger partial charge in [-0.15, -0.1) is 0 Å². The van der Waals surface area contributed by atoms with Crippen LogP contribution in [0.15, 0.2) is 30.5 Å². The lowest BCUT2D eigenvalue weighted by Gasteiger charge is -2.10. The fraction of sp³-hybridized carbons (Fsp3) is 0.167. The van der Waals surface area contributed by atoms with Gasteiger partial charge in [0.25, 0.3) is 0 Å². The molecule has 0 amide bonds. The number of aromatic nitrogens is 1. The van der Waals surface area contributed by atoms with E-state index in [0.29, 0.717) is 10.9 Å². The number of pyridine rings is 1. The van der Waals surface area contributed by atoms with Gasteiger partial charge in [-0.2, -0.15) is 13.2 Å². The molecule has 0 saturated carbocycles. The summed E-state index contributed by atoms with van der Waals surface area (Å²) in [7, 11) is 0. The van der Waals surface area contributed by atoms with Crippen molar-refractivity contribution in [3.63, 3.8) is 0 Å². The highest BCUT2D eigenvalue weighted by molar-refractivity contribution is 5.83. The largest absolute Gasteiger partial charge is 0.418 e. The summed E-state index contributed by atoms with van der Waals surface area (Å²) in [4.78, 5) is 6.85. The molecule has 17 heavy (non-hydrogen) atoms. The van der Waals surface area contributed by atoms with Gasteiger partial charge in [0.2, 0.25) is 6.54 Å². The summed E-state index contributed by atoms with van der Waals surface area (Å²) in [6.07, 6.45) is -3.13. The molecule has 0 saturated heterocycles. The van der Waals surface area contributed by atoms with E-state index in [0.717, 1.165) is 6.07 Å². The molecule has 0 bridgehead atoms. The molecule has 2 rings (SSSR count). The zero-order valence-corrected chi connectivity index (χ0v) is 8.62. The second-order valence-electron chi connectivity index (χ2n) is 3.53. The maximum absolute atomic E-state index is 12.8. The third kappa shape index (κ3) is 2.21. The first-order valence-electron chi connectivity index (χ1n) is 4.80. The van der Waals surface area contributed by atoms with E-state index in [2.05, 4.69) is 9.83 Å². The van der Waals surface area contributed by atoms with Crippen LogP contribution in [0.25, 0.3) is 15.7 Å². The molecule has 0 N–H and O–H groups in total. The molecule has 1 aromatic carbocycles. The van der Waals surface area contributed by atoms with Crippen LogP contribution in [0, 0.1) is 6.57 Å². The van der Waals surface area contributed by atoms with Gasteiger partial charge in [0.15, 0.2) is 0 Å². The number of rotatable bonds is 1. The third-order valence-corrected chi connectivity index (χ3v) is 2.33. The topological polar surface area (TPSA) is 17.2 Å². The Morgan fingerprint density at radius 3 is 2.71 bits per heavy atom. The van der Waals surface area contributed by atoms with Crippen LogP contribution < -0.4 is 0 Å². The second kappa shape index (κ2) is 4.06. The number of halogens is 3. The van der Waals surface area contributed by atoms with E-state index >= 15 is 0 Å². The molecule has 0 aliphatic heterocycles. The van der Waals surface area contributed by atoms with Gasteiger partial charge in [-0.1, -0.05) is 6.07 Å². The lowest BCUT2D eigenvalue weighted by Crippen LogP contribution is -2.07. The number of benzene rings is 1. The molecule has 1 aromatic heterocycles. The van der Waals surface area contributed by atoms with Crippen LogP contribution >= 0.6 is 0 Å². The van der Waals surface area contributed by atoms with Crippen LogP contribution in [0.4, 0.5) is 13.2 Å². The summed E-state index contributed by atoms with van der Waals surface area (Å²) in [5.74, 6) is 0. The summed E-state index contributed by atoms with van der Waals surface area (Å²) >= 11 is 0. The molecule has 0 fully saturated rings. The number of alkyl halides is 3. The predicted molar refractivity (Wildman–Crippen MR) is 57.1 cm³/mol. The molecule has 0 aliphatic rings. The van der Waals surface area contributed by atoms with Crippen LogP contribution in [0.2, 0.25) is 0 Å². The summed E-state index contributed by atoms with van der Waals surface area (Å²) in [5.41, 5.74) is -0.504. The Balaban J connectivity index is 2.75. The van der Waals surface area contributed by atoms with E-state index < -0.39 is 11.7 Å². The van der Waals surface area contributed by atoms with Crippen molar-refractivity contribution in [2.24, 2.45) is 0 Å². The van der Waals surface area contributed by atoms with Crippen molar-refractivity contribution in [1.82, 2.24) is 4.98 Å². The first kappa shape index (κ1) is 11.4. The van der Waals surface area contributed by atoms with E-state index in [4.69, 9.17) is 6.57 Å². The molecule has 0 radical (unpaired) electrons. The fourth-order valence-electron chi connectivity index (χ4n) is 1.65. The van der Waals surface area contributed by atoms with Crippen molar-refractivity contribution < 1.29 is 13.2 Å². The van der Waals surface area contributed by atoms with Crippen molar-refractivity contribution in [2.45, 2.75) is 12.7 Å². The van der Waals surface area contributed by atoms with Crippen molar-refractivity contribution in [3.05, 3.63) is 53.0 Å². The summed E-state index contributed by atoms with van der Waals surface area (Å²) in [6.45, 7) is 6.64. The van der Waals surface area contributed by atoms with Gasteiger partial charge in [-0.3, -0.25) is 4.98 Å². The smallest absolute Gasteiger partial charge is 0.312 e. The minimum absolute atomic E-state index is 0.0616. The molecule has 0 spiro atoms. The van der Waals surface area contributed by atoms with Crippen molar-refractivity contribution in [3.8, 4) is 0 Å². The Morgan fingerprint density at radius 1 is 1.29 bits per heavy atom. The highest BCUT2D eigenvalue weighted by Gasteiger charge is 2.33. The number of hydrogen-bond acceptors (Lipinski definition) is 1. The molecule has 0 aliphatic carbocycles. The van der Waals surface area contributed by atoms with E-state index in [1.165, 1.54) is 6.20 Å². The molecule has 0 unspecified atom stereocenters. The monoisotopic (exact) mass is 236 g/mol. The van der Waals surface area contributed by atoms with Crippen molar-refractivity contribution in [1.29, 1.82) is 0 Å². The Hall–Kier alpha value is -2.09. The number of nitrogens with zero attached hydrogens (tertiary/aromatic N) is 2. The van der Waals surface area contributed by atoms with Gasteiger partial charge in [0.05, 0.1) is 11.1 Å². The van der Waals surface area contributed by atoms with E-state index in [1.807, 2.05) is 0 Å². The molecule has 0 atom stereocenters. The molecular formula is C12H7F3N2. The molecule has 2 aromatic rings. The lowest BCUT2D eigenvalue weighted by molar-refractivity contribution is -0.136. The molecule has 5 heteroatoms. The average Bonchev–Trinajstić information content (AvgIpc) is 2.27. The summed E-state index contributed by atoms with van der Waals surface area (Å²) in [5, 5.41) is 0.404. The van der Waals surface area contributed by atoms with Crippen LogP contribution in [0.1, 0.15) is 11.1 Å². The van der Waals surface area contributed by atoms with Crippen LogP contribution in [-0.4, -0.2) is 4.98 Å². The molecule has 1 heterocycles. The zero-order chi connectivity index (χ0) is 12.5. The van der Waals surface area contributed by atoms with Gasteiger partial charge in [0, 0.05) is 17.1 Å². The summed E-state index contributed by atoms with van der Waals surface area (Å²) < 4.78 is 38.5. The second-order valence-corrected chi connectivity index (χ2v) is 3.53. The van der Waals surface area contributed by atoms with Crippen LogP contribution in [0.3, 0.4) is 0 Å². The number of hydrogen-bond donors (Lipinski definition) is 0. The maximum atomic E-state index is 12.8. The first-order chi connectivity index (χ1) is 8.02. The minimum atomic E-state index is -4.45. The molecule has 2 nitrogen and oxygen atoms in total. The number of fused-ring (bicyclic) bond motifs is 1. The zero-order valence-electron chi connectivity index (χ0n) is 8.62. The van der Waals surface area contributed by atoms with Gasteiger partial charge in [0.1, 0.15) is 0 Å². The van der Waals surface area contributed by atoms with Crippen molar-refractivity contribution >= 4 is 10.9 Å². The van der Waals surface area contributed by atoms with Gasteiger partial charge >= 0.3 is 6.18 Å². The standard InChI is InChI=1S/C12H7F3N2/c1-16-7-8-5-9-3-2-4-17-11(9)10(6-8)12(13,14)15/h2-6H,7H2. The average molecular weight is 236 g/mol. The third-order valence-electron chi connectivity index (χ3n) is 2.33. The Labute approximate surface area is 95.5 Å². The molecular weight excluding hydrogens is 229 g/mol. The maximum Gasteiger partial charge on any atom is 0.418 e. The van der Waals surface area contributed by atoms with Crippen molar-refractivity contribution in [2.75, 3.05) is 0 Å². The Morgan fingerprint density at radius 2 is 2.06 bits per heavy atom. The van der Waals surface area contributed by atoms with E-state index in [1.54, 1.807) is 18.2 Å². The lowest BCUT2D eigenvalue weighted by atomic mass is 10.0. The van der Waals surface area contributed by atoms with Crippen LogP contribution in [0.5, 0.6) is 0 Å². The van der Waals surface area contributed by atoms with Crippen LogP contribution in [-0.2, 0) is 12.7 Å². The fourth-order valence-corrected chi connectivity index (χ4v) is 1.65. The minimum Gasteiger partial charge on any atom is -0.312 e. The van der Waals surface area contributed by atoms with Gasteiger partial charge in [-0.25, -0.2) is 6.57 Å². The summed E-state index contributed by atoms with van der Waals surface area (Å²) in [6, 6.07) is 5.69. The van der Waals surface area contributed by atoms with Gasteiger partial charge in [-0.05, 0) is 18.2 Å². The van der Waals surface area contributed by atoms with Gasteiger partial charge < -0.3 is 4.85 Å². The molecule has 86 valence electrons. The van der Waals surface area contributed by atoms with E-state index in [9.17, 15) is 13.2 Å². The highest BCUT2D eigenvalue weighted by atomic mass is 19.4. The van der Waals surface area contributed by atoms with E-state index in [-0.39, 0.29) is 12.1 Å². The normalized spacial score (nSPS) is 11.4. The quantitative estimate of drug-likeness (QED) is 0.690.